The number of thiazole rings is 1. The van der Waals surface area contributed by atoms with Crippen LogP contribution in [0.2, 0.25) is 0 Å². The Balaban J connectivity index is 1.46. The molecule has 7 heteroatoms. The average molecular weight is 442 g/mol. The van der Waals surface area contributed by atoms with Crippen LogP contribution in [0, 0.1) is 0 Å². The number of hydrogen-bond donors (Lipinski definition) is 1. The van der Waals surface area contributed by atoms with Gasteiger partial charge < -0.3 is 5.32 Å². The zero-order chi connectivity index (χ0) is 21.1. The Labute approximate surface area is 182 Å². The molecule has 3 aromatic rings. The number of benzene rings is 2. The summed E-state index contributed by atoms with van der Waals surface area (Å²) in [5.74, 6) is 0.558. The van der Waals surface area contributed by atoms with Crippen LogP contribution in [0.1, 0.15) is 44.6 Å². The molecule has 5 nitrogen and oxygen atoms in total. The molecule has 1 fully saturated rings. The van der Waals surface area contributed by atoms with E-state index in [0.717, 1.165) is 41.3 Å². The number of hydrogen-bond acceptors (Lipinski definition) is 5. The molecule has 1 saturated heterocycles. The standard InChI is InChI=1S/C23H27N3O2S2/c1-3-17(2)18-6-10-20(11-7-18)24-23-25-22(16-29-23)19-8-12-21(13-9-19)30(27,28)26-14-4-5-15-26/h6-13,16-17H,3-5,14-15H2,1-2H3,(H,24,25). The van der Waals surface area contributed by atoms with Gasteiger partial charge in [-0.3, -0.25) is 0 Å². The number of anilines is 2. The van der Waals surface area contributed by atoms with Crippen LogP contribution in [-0.4, -0.2) is 30.8 Å². The lowest BCUT2D eigenvalue weighted by Gasteiger charge is -2.15. The number of rotatable bonds is 7. The fraction of sp³-hybridized carbons (Fsp3) is 0.348. The van der Waals surface area contributed by atoms with Crippen molar-refractivity contribution < 1.29 is 8.42 Å². The lowest BCUT2D eigenvalue weighted by atomic mass is 9.99. The first-order valence-corrected chi connectivity index (χ1v) is 12.7. The molecule has 1 unspecified atom stereocenters. The van der Waals surface area contributed by atoms with Crippen LogP contribution in [-0.2, 0) is 10.0 Å². The Morgan fingerprint density at radius 3 is 2.37 bits per heavy atom. The van der Waals surface area contributed by atoms with Crippen molar-refractivity contribution in [3.05, 3.63) is 59.5 Å². The van der Waals surface area contributed by atoms with Crippen molar-refractivity contribution in [2.75, 3.05) is 18.4 Å². The number of nitrogens with zero attached hydrogens (tertiary/aromatic N) is 2. The lowest BCUT2D eigenvalue weighted by Crippen LogP contribution is -2.27. The normalized spacial score (nSPS) is 15.9. The van der Waals surface area contributed by atoms with Crippen LogP contribution in [0.3, 0.4) is 0 Å². The van der Waals surface area contributed by atoms with E-state index in [1.54, 1.807) is 16.4 Å². The maximum absolute atomic E-state index is 12.7. The van der Waals surface area contributed by atoms with Crippen molar-refractivity contribution in [3.63, 3.8) is 0 Å². The third kappa shape index (κ3) is 4.43. The largest absolute Gasteiger partial charge is 0.332 e. The topological polar surface area (TPSA) is 62.3 Å². The summed E-state index contributed by atoms with van der Waals surface area (Å²) in [6.45, 7) is 5.66. The Kier molecular flexibility index (Phi) is 6.22. The van der Waals surface area contributed by atoms with E-state index in [9.17, 15) is 8.42 Å². The molecule has 0 radical (unpaired) electrons. The second-order valence-electron chi connectivity index (χ2n) is 7.73. The first-order valence-electron chi connectivity index (χ1n) is 10.4. The van der Waals surface area contributed by atoms with Gasteiger partial charge in [-0.05, 0) is 55.0 Å². The van der Waals surface area contributed by atoms with Gasteiger partial charge in [0.2, 0.25) is 10.0 Å². The molecule has 2 aromatic carbocycles. The summed E-state index contributed by atoms with van der Waals surface area (Å²) >= 11 is 1.54. The number of sulfonamides is 1. The summed E-state index contributed by atoms with van der Waals surface area (Å²) in [6, 6.07) is 15.5. The third-order valence-electron chi connectivity index (χ3n) is 5.70. The van der Waals surface area contributed by atoms with Crippen molar-refractivity contribution in [1.29, 1.82) is 0 Å². The third-order valence-corrected chi connectivity index (χ3v) is 8.37. The highest BCUT2D eigenvalue weighted by atomic mass is 32.2. The molecule has 2 heterocycles. The molecule has 1 aliphatic rings. The summed E-state index contributed by atoms with van der Waals surface area (Å²) in [7, 11) is -3.38. The average Bonchev–Trinajstić information content (AvgIpc) is 3.47. The van der Waals surface area contributed by atoms with E-state index >= 15 is 0 Å². The van der Waals surface area contributed by atoms with Gasteiger partial charge in [0.05, 0.1) is 10.6 Å². The molecule has 1 atom stereocenters. The minimum Gasteiger partial charge on any atom is -0.332 e. The predicted octanol–water partition coefficient (Wildman–Crippen LogP) is 5.85. The Hall–Kier alpha value is -2.22. The molecular formula is C23H27N3O2S2. The van der Waals surface area contributed by atoms with Crippen LogP contribution >= 0.6 is 11.3 Å². The van der Waals surface area contributed by atoms with Crippen molar-refractivity contribution in [1.82, 2.24) is 9.29 Å². The lowest BCUT2D eigenvalue weighted by molar-refractivity contribution is 0.477. The van der Waals surface area contributed by atoms with Crippen molar-refractivity contribution in [3.8, 4) is 11.3 Å². The second-order valence-corrected chi connectivity index (χ2v) is 10.5. The Morgan fingerprint density at radius 2 is 1.73 bits per heavy atom. The maximum Gasteiger partial charge on any atom is 0.243 e. The molecule has 158 valence electrons. The summed E-state index contributed by atoms with van der Waals surface area (Å²) in [6.07, 6.45) is 3.00. The van der Waals surface area contributed by atoms with Gasteiger partial charge in [-0.15, -0.1) is 11.3 Å². The first-order chi connectivity index (χ1) is 14.5. The van der Waals surface area contributed by atoms with E-state index in [2.05, 4.69) is 48.4 Å². The van der Waals surface area contributed by atoms with Gasteiger partial charge in [0, 0.05) is 29.7 Å². The van der Waals surface area contributed by atoms with Crippen LogP contribution in [0.15, 0.2) is 58.8 Å². The van der Waals surface area contributed by atoms with Crippen molar-refractivity contribution in [2.45, 2.75) is 43.9 Å². The Bertz CT molecular complexity index is 1080. The molecule has 4 rings (SSSR count). The van der Waals surface area contributed by atoms with Gasteiger partial charge in [0.25, 0.3) is 0 Å². The molecule has 1 aromatic heterocycles. The molecule has 0 spiro atoms. The number of aromatic nitrogens is 1. The fourth-order valence-corrected chi connectivity index (χ4v) is 5.85. The van der Waals surface area contributed by atoms with Gasteiger partial charge in [0.1, 0.15) is 0 Å². The van der Waals surface area contributed by atoms with Crippen LogP contribution in [0.25, 0.3) is 11.3 Å². The number of nitrogens with one attached hydrogen (secondary N) is 1. The Morgan fingerprint density at radius 1 is 1.07 bits per heavy atom. The molecule has 30 heavy (non-hydrogen) atoms. The van der Waals surface area contributed by atoms with Gasteiger partial charge in [0.15, 0.2) is 5.13 Å². The monoisotopic (exact) mass is 441 g/mol. The molecule has 0 aliphatic carbocycles. The zero-order valence-corrected chi connectivity index (χ0v) is 19.0. The zero-order valence-electron chi connectivity index (χ0n) is 17.3. The summed E-state index contributed by atoms with van der Waals surface area (Å²) < 4.78 is 26.9. The van der Waals surface area contributed by atoms with Crippen LogP contribution in [0.4, 0.5) is 10.8 Å². The quantitative estimate of drug-likeness (QED) is 0.499. The molecule has 0 bridgehead atoms. The predicted molar refractivity (Wildman–Crippen MR) is 124 cm³/mol. The highest BCUT2D eigenvalue weighted by molar-refractivity contribution is 7.89. The van der Waals surface area contributed by atoms with E-state index in [1.807, 2.05) is 17.5 Å². The summed E-state index contributed by atoms with van der Waals surface area (Å²) in [5.41, 5.74) is 4.09. The molecule has 0 saturated carbocycles. The second kappa shape index (κ2) is 8.88. The minimum atomic E-state index is -3.38. The highest BCUT2D eigenvalue weighted by Gasteiger charge is 2.27. The fourth-order valence-electron chi connectivity index (χ4n) is 3.59. The summed E-state index contributed by atoms with van der Waals surface area (Å²) in [5, 5.41) is 6.16. The SMILES string of the molecule is CCC(C)c1ccc(Nc2nc(-c3ccc(S(=O)(=O)N4CCCC4)cc3)cs2)cc1. The van der Waals surface area contributed by atoms with Crippen LogP contribution < -0.4 is 5.32 Å². The van der Waals surface area contributed by atoms with E-state index in [0.29, 0.717) is 23.9 Å². The van der Waals surface area contributed by atoms with Gasteiger partial charge in [-0.1, -0.05) is 38.1 Å². The van der Waals surface area contributed by atoms with Crippen molar-refractivity contribution in [2.24, 2.45) is 0 Å². The molecule has 1 N–H and O–H groups in total. The smallest absolute Gasteiger partial charge is 0.243 e. The summed E-state index contributed by atoms with van der Waals surface area (Å²) in [4.78, 5) is 5.02. The minimum absolute atomic E-state index is 0.350. The molecule has 0 amide bonds. The van der Waals surface area contributed by atoms with E-state index in [-0.39, 0.29) is 0 Å². The van der Waals surface area contributed by atoms with E-state index in [4.69, 9.17) is 0 Å². The van der Waals surface area contributed by atoms with Crippen LogP contribution in [0.5, 0.6) is 0 Å². The van der Waals surface area contributed by atoms with Gasteiger partial charge in [-0.25, -0.2) is 13.4 Å². The highest BCUT2D eigenvalue weighted by Crippen LogP contribution is 2.29. The van der Waals surface area contributed by atoms with Gasteiger partial charge >= 0.3 is 0 Å². The first kappa shape index (κ1) is 21.0. The van der Waals surface area contributed by atoms with Crippen molar-refractivity contribution >= 4 is 32.2 Å². The van der Waals surface area contributed by atoms with Gasteiger partial charge in [-0.2, -0.15) is 4.31 Å². The molecular weight excluding hydrogens is 414 g/mol. The molecule has 1 aliphatic heterocycles. The maximum atomic E-state index is 12.7. The van der Waals surface area contributed by atoms with E-state index in [1.165, 1.54) is 16.9 Å². The van der Waals surface area contributed by atoms with E-state index < -0.39 is 10.0 Å².